The number of nitro benzene ring substituents is 1. The van der Waals surface area contributed by atoms with Crippen LogP contribution in [0.5, 0.6) is 5.75 Å². The van der Waals surface area contributed by atoms with E-state index in [1.165, 1.54) is 18.3 Å². The molecule has 0 unspecified atom stereocenters. The average molecular weight is 428 g/mol. The molecule has 0 saturated carbocycles. The first-order chi connectivity index (χ1) is 14.3. The van der Waals surface area contributed by atoms with Gasteiger partial charge >= 0.3 is 0 Å². The molecule has 2 aromatic carbocycles. The van der Waals surface area contributed by atoms with Crippen LogP contribution in [0.1, 0.15) is 16.9 Å². The molecule has 0 saturated heterocycles. The highest BCUT2D eigenvalue weighted by Crippen LogP contribution is 2.26. The van der Waals surface area contributed by atoms with E-state index in [1.54, 1.807) is 36.4 Å². The summed E-state index contributed by atoms with van der Waals surface area (Å²) in [5.74, 6) is 0.924. The van der Waals surface area contributed by atoms with Crippen molar-refractivity contribution < 1.29 is 18.9 Å². The second-order valence-corrected chi connectivity index (χ2v) is 6.84. The van der Waals surface area contributed by atoms with E-state index >= 15 is 0 Å². The number of benzene rings is 2. The Labute approximate surface area is 177 Å². The average Bonchev–Trinajstić information content (AvgIpc) is 3.19. The number of hydrazone groups is 1. The Morgan fingerprint density at radius 3 is 2.67 bits per heavy atom. The quantitative estimate of drug-likeness (QED) is 0.335. The molecule has 30 heavy (non-hydrogen) atoms. The Kier molecular flexibility index (Phi) is 6.48. The normalized spacial score (nSPS) is 10.9. The number of amides is 1. The molecule has 9 heteroatoms. The number of nitrogens with one attached hydrogen (secondary N) is 1. The number of carbonyl (C=O) groups is 1. The first-order valence-corrected chi connectivity index (χ1v) is 9.27. The number of furan rings is 1. The van der Waals surface area contributed by atoms with Crippen LogP contribution >= 0.6 is 11.6 Å². The summed E-state index contributed by atoms with van der Waals surface area (Å²) in [7, 11) is 0. The standard InChI is InChI=1S/C21H18ClN3O5/c1-13-8-18(9-14(2)21(13)22)29-12-20(26)24-23-11-17-6-7-19(30-17)15-4-3-5-16(10-15)25(27)28/h3-11H,12H2,1-2H3,(H,24,26)/b23-11-. The van der Waals surface area contributed by atoms with Crippen molar-refractivity contribution in [1.29, 1.82) is 0 Å². The Hall–Kier alpha value is -3.65. The van der Waals surface area contributed by atoms with Gasteiger partial charge in [-0.2, -0.15) is 5.10 Å². The first-order valence-electron chi connectivity index (χ1n) is 8.89. The fourth-order valence-electron chi connectivity index (χ4n) is 2.69. The zero-order valence-electron chi connectivity index (χ0n) is 16.2. The van der Waals surface area contributed by atoms with Gasteiger partial charge in [0, 0.05) is 22.7 Å². The summed E-state index contributed by atoms with van der Waals surface area (Å²) in [4.78, 5) is 22.3. The number of nitro groups is 1. The van der Waals surface area contributed by atoms with Crippen LogP contribution in [-0.4, -0.2) is 23.7 Å². The van der Waals surface area contributed by atoms with E-state index < -0.39 is 10.8 Å². The summed E-state index contributed by atoms with van der Waals surface area (Å²) in [6.07, 6.45) is 1.33. The van der Waals surface area contributed by atoms with Crippen molar-refractivity contribution in [3.8, 4) is 17.1 Å². The number of hydrogen-bond acceptors (Lipinski definition) is 6. The number of rotatable bonds is 7. The SMILES string of the molecule is Cc1cc(OCC(=O)N/N=C\c2ccc(-c3cccc([N+](=O)[O-])c3)o2)cc(C)c1Cl. The summed E-state index contributed by atoms with van der Waals surface area (Å²) in [5, 5.41) is 15.4. The van der Waals surface area contributed by atoms with Gasteiger partial charge in [-0.3, -0.25) is 14.9 Å². The molecule has 3 rings (SSSR count). The van der Waals surface area contributed by atoms with Gasteiger partial charge in [-0.25, -0.2) is 5.43 Å². The molecule has 1 heterocycles. The third kappa shape index (κ3) is 5.24. The minimum atomic E-state index is -0.473. The van der Waals surface area contributed by atoms with Crippen molar-refractivity contribution in [3.63, 3.8) is 0 Å². The van der Waals surface area contributed by atoms with Gasteiger partial charge in [0.2, 0.25) is 0 Å². The van der Waals surface area contributed by atoms with Crippen molar-refractivity contribution >= 4 is 29.4 Å². The van der Waals surface area contributed by atoms with Crippen molar-refractivity contribution in [2.75, 3.05) is 6.61 Å². The van der Waals surface area contributed by atoms with Crippen molar-refractivity contribution in [2.45, 2.75) is 13.8 Å². The summed E-state index contributed by atoms with van der Waals surface area (Å²) >= 11 is 6.11. The monoisotopic (exact) mass is 427 g/mol. The number of aryl methyl sites for hydroxylation is 2. The minimum Gasteiger partial charge on any atom is -0.484 e. The van der Waals surface area contributed by atoms with Gasteiger partial charge in [0.15, 0.2) is 6.61 Å². The summed E-state index contributed by atoms with van der Waals surface area (Å²) in [6.45, 7) is 3.50. The van der Waals surface area contributed by atoms with Crippen LogP contribution in [0.2, 0.25) is 5.02 Å². The molecule has 0 aliphatic rings. The predicted octanol–water partition coefficient (Wildman–Crippen LogP) is 4.65. The Morgan fingerprint density at radius 1 is 1.23 bits per heavy atom. The number of hydrogen-bond donors (Lipinski definition) is 1. The van der Waals surface area contributed by atoms with Gasteiger partial charge in [-0.15, -0.1) is 0 Å². The van der Waals surface area contributed by atoms with Gasteiger partial charge < -0.3 is 9.15 Å². The topological polar surface area (TPSA) is 107 Å². The fourth-order valence-corrected chi connectivity index (χ4v) is 2.80. The molecule has 1 N–H and O–H groups in total. The van der Waals surface area contributed by atoms with E-state index in [1.807, 2.05) is 13.8 Å². The molecule has 0 spiro atoms. The smallest absolute Gasteiger partial charge is 0.277 e. The molecule has 154 valence electrons. The number of non-ortho nitro benzene ring substituents is 1. The number of nitrogens with zero attached hydrogens (tertiary/aromatic N) is 2. The fraction of sp³-hybridized carbons (Fsp3) is 0.143. The molecule has 3 aromatic rings. The van der Waals surface area contributed by atoms with E-state index in [-0.39, 0.29) is 12.3 Å². The third-order valence-electron chi connectivity index (χ3n) is 4.13. The molecule has 1 aromatic heterocycles. The van der Waals surface area contributed by atoms with Crippen molar-refractivity contribution in [2.24, 2.45) is 5.10 Å². The van der Waals surface area contributed by atoms with Gasteiger partial charge in [-0.05, 0) is 49.2 Å². The van der Waals surface area contributed by atoms with Crippen LogP contribution in [0.4, 0.5) is 5.69 Å². The first kappa shape index (κ1) is 21.1. The number of halogens is 1. The lowest BCUT2D eigenvalue weighted by Crippen LogP contribution is -2.24. The second kappa shape index (κ2) is 9.23. The van der Waals surface area contributed by atoms with E-state index in [2.05, 4.69) is 10.5 Å². The van der Waals surface area contributed by atoms with Crippen LogP contribution in [0, 0.1) is 24.0 Å². The molecule has 1 amide bonds. The van der Waals surface area contributed by atoms with E-state index in [9.17, 15) is 14.9 Å². The van der Waals surface area contributed by atoms with Gasteiger partial charge in [0.25, 0.3) is 11.6 Å². The Morgan fingerprint density at radius 2 is 1.97 bits per heavy atom. The summed E-state index contributed by atoms with van der Waals surface area (Å²) in [6, 6.07) is 12.9. The van der Waals surface area contributed by atoms with Crippen LogP contribution < -0.4 is 10.2 Å². The maximum absolute atomic E-state index is 11.9. The van der Waals surface area contributed by atoms with Crippen LogP contribution in [0.25, 0.3) is 11.3 Å². The third-order valence-corrected chi connectivity index (χ3v) is 4.73. The van der Waals surface area contributed by atoms with E-state index in [4.69, 9.17) is 20.8 Å². The van der Waals surface area contributed by atoms with Crippen molar-refractivity contribution in [1.82, 2.24) is 5.43 Å². The maximum Gasteiger partial charge on any atom is 0.277 e. The lowest BCUT2D eigenvalue weighted by molar-refractivity contribution is -0.384. The molecule has 0 aliphatic heterocycles. The van der Waals surface area contributed by atoms with E-state index in [0.717, 1.165) is 11.1 Å². The molecular formula is C21H18ClN3O5. The molecular weight excluding hydrogens is 410 g/mol. The molecule has 0 aliphatic carbocycles. The summed E-state index contributed by atoms with van der Waals surface area (Å²) < 4.78 is 11.0. The zero-order chi connectivity index (χ0) is 21.7. The van der Waals surface area contributed by atoms with Crippen LogP contribution in [0.3, 0.4) is 0 Å². The van der Waals surface area contributed by atoms with Crippen molar-refractivity contribution in [3.05, 3.63) is 80.6 Å². The molecule has 0 bridgehead atoms. The van der Waals surface area contributed by atoms with Crippen LogP contribution in [-0.2, 0) is 4.79 Å². The predicted molar refractivity (Wildman–Crippen MR) is 113 cm³/mol. The molecule has 0 atom stereocenters. The molecule has 8 nitrogen and oxygen atoms in total. The largest absolute Gasteiger partial charge is 0.484 e. The Balaban J connectivity index is 1.55. The Bertz CT molecular complexity index is 1100. The highest BCUT2D eigenvalue weighted by Gasteiger charge is 2.10. The lowest BCUT2D eigenvalue weighted by atomic mass is 10.1. The molecule has 0 radical (unpaired) electrons. The molecule has 0 fully saturated rings. The number of carbonyl (C=O) groups excluding carboxylic acids is 1. The highest BCUT2D eigenvalue weighted by atomic mass is 35.5. The summed E-state index contributed by atoms with van der Waals surface area (Å²) in [5.41, 5.74) is 4.61. The maximum atomic E-state index is 11.9. The second-order valence-electron chi connectivity index (χ2n) is 6.46. The minimum absolute atomic E-state index is 0.0301. The van der Waals surface area contributed by atoms with Gasteiger partial charge in [-0.1, -0.05) is 23.7 Å². The van der Waals surface area contributed by atoms with E-state index in [0.29, 0.717) is 27.9 Å². The lowest BCUT2D eigenvalue weighted by Gasteiger charge is -2.09. The van der Waals surface area contributed by atoms with Gasteiger partial charge in [0.1, 0.15) is 17.3 Å². The number of ether oxygens (including phenoxy) is 1. The zero-order valence-corrected chi connectivity index (χ0v) is 17.0. The van der Waals surface area contributed by atoms with Gasteiger partial charge in [0.05, 0.1) is 11.1 Å². The highest BCUT2D eigenvalue weighted by molar-refractivity contribution is 6.32. The van der Waals surface area contributed by atoms with Crippen LogP contribution in [0.15, 0.2) is 58.0 Å².